The maximum atomic E-state index is 12.3. The molecule has 0 radical (unpaired) electrons. The van der Waals surface area contributed by atoms with E-state index in [0.717, 1.165) is 22.4 Å². The van der Waals surface area contributed by atoms with E-state index in [1.807, 2.05) is 50.2 Å². The monoisotopic (exact) mass is 333 g/mol. The van der Waals surface area contributed by atoms with Crippen molar-refractivity contribution >= 4 is 16.7 Å². The highest BCUT2D eigenvalue weighted by atomic mass is 16.5. The van der Waals surface area contributed by atoms with Gasteiger partial charge in [0.1, 0.15) is 5.75 Å². The average molecular weight is 333 g/mol. The highest BCUT2D eigenvalue weighted by molar-refractivity contribution is 5.83. The third-order valence-electron chi connectivity index (χ3n) is 4.51. The summed E-state index contributed by atoms with van der Waals surface area (Å²) in [6.07, 6.45) is -0.541. The fourth-order valence-electron chi connectivity index (χ4n) is 2.78. The smallest absolute Gasteiger partial charge is 0.261 e. The van der Waals surface area contributed by atoms with Crippen molar-refractivity contribution in [2.24, 2.45) is 0 Å². The molecule has 3 nitrogen and oxygen atoms in total. The highest BCUT2D eigenvalue weighted by Gasteiger charge is 2.15. The minimum absolute atomic E-state index is 0.117. The summed E-state index contributed by atoms with van der Waals surface area (Å²) in [5.41, 5.74) is 3.30. The lowest BCUT2D eigenvalue weighted by atomic mass is 10.1. The van der Waals surface area contributed by atoms with Gasteiger partial charge in [0.15, 0.2) is 6.10 Å². The second kappa shape index (κ2) is 7.39. The van der Waals surface area contributed by atoms with Crippen LogP contribution in [0.15, 0.2) is 60.7 Å². The van der Waals surface area contributed by atoms with Gasteiger partial charge in [-0.25, -0.2) is 0 Å². The van der Waals surface area contributed by atoms with Crippen molar-refractivity contribution in [2.75, 3.05) is 0 Å². The number of nitrogens with one attached hydrogen (secondary N) is 1. The van der Waals surface area contributed by atoms with E-state index in [1.54, 1.807) is 6.92 Å². The predicted octanol–water partition coefficient (Wildman–Crippen LogP) is 4.54. The van der Waals surface area contributed by atoms with E-state index in [4.69, 9.17) is 4.74 Å². The molecule has 1 N–H and O–H groups in total. The van der Waals surface area contributed by atoms with Crippen molar-refractivity contribution in [1.29, 1.82) is 0 Å². The Hall–Kier alpha value is -2.81. The summed E-state index contributed by atoms with van der Waals surface area (Å²) >= 11 is 0. The van der Waals surface area contributed by atoms with E-state index in [2.05, 4.69) is 29.6 Å². The van der Waals surface area contributed by atoms with Crippen LogP contribution in [0.5, 0.6) is 5.75 Å². The number of aryl methyl sites for hydroxylation is 1. The summed E-state index contributed by atoms with van der Waals surface area (Å²) in [5.74, 6) is 0.641. The Morgan fingerprint density at radius 3 is 2.56 bits per heavy atom. The third kappa shape index (κ3) is 4.00. The van der Waals surface area contributed by atoms with Crippen LogP contribution in [0.2, 0.25) is 0 Å². The van der Waals surface area contributed by atoms with Gasteiger partial charge in [-0.05, 0) is 60.4 Å². The first-order chi connectivity index (χ1) is 12.0. The predicted molar refractivity (Wildman–Crippen MR) is 102 cm³/mol. The molecule has 0 bridgehead atoms. The molecule has 3 aromatic carbocycles. The molecule has 0 fully saturated rings. The summed E-state index contributed by atoms with van der Waals surface area (Å²) in [6, 6.07) is 20.3. The lowest BCUT2D eigenvalue weighted by Gasteiger charge is -2.17. The van der Waals surface area contributed by atoms with Crippen LogP contribution in [0.3, 0.4) is 0 Å². The molecule has 1 amide bonds. The molecular weight excluding hydrogens is 310 g/mol. The number of hydrogen-bond donors (Lipinski definition) is 1. The number of rotatable bonds is 5. The summed E-state index contributed by atoms with van der Waals surface area (Å²) in [5, 5.41) is 5.33. The maximum Gasteiger partial charge on any atom is 0.261 e. The van der Waals surface area contributed by atoms with Crippen LogP contribution in [-0.4, -0.2) is 12.0 Å². The van der Waals surface area contributed by atoms with E-state index >= 15 is 0 Å². The van der Waals surface area contributed by atoms with E-state index < -0.39 is 6.10 Å². The Labute approximate surface area is 148 Å². The van der Waals surface area contributed by atoms with Crippen molar-refractivity contribution in [2.45, 2.75) is 33.4 Å². The third-order valence-corrected chi connectivity index (χ3v) is 4.51. The Morgan fingerprint density at radius 2 is 1.76 bits per heavy atom. The highest BCUT2D eigenvalue weighted by Crippen LogP contribution is 2.22. The Bertz CT molecular complexity index is 901. The number of amides is 1. The maximum absolute atomic E-state index is 12.3. The fourth-order valence-corrected chi connectivity index (χ4v) is 2.78. The summed E-state index contributed by atoms with van der Waals surface area (Å²) in [7, 11) is 0. The van der Waals surface area contributed by atoms with Crippen LogP contribution < -0.4 is 10.1 Å². The first-order valence-electron chi connectivity index (χ1n) is 8.53. The van der Waals surface area contributed by atoms with Gasteiger partial charge in [-0.1, -0.05) is 48.5 Å². The van der Waals surface area contributed by atoms with Crippen molar-refractivity contribution in [3.63, 3.8) is 0 Å². The minimum atomic E-state index is -0.541. The lowest BCUT2D eigenvalue weighted by molar-refractivity contribution is -0.127. The van der Waals surface area contributed by atoms with E-state index in [9.17, 15) is 4.79 Å². The van der Waals surface area contributed by atoms with Gasteiger partial charge >= 0.3 is 0 Å². The zero-order chi connectivity index (χ0) is 17.8. The molecule has 0 aliphatic rings. The minimum Gasteiger partial charge on any atom is -0.481 e. The molecule has 3 aromatic rings. The van der Waals surface area contributed by atoms with E-state index in [1.165, 1.54) is 10.8 Å². The quantitative estimate of drug-likeness (QED) is 0.744. The molecule has 1 unspecified atom stereocenters. The van der Waals surface area contributed by atoms with Gasteiger partial charge in [0.2, 0.25) is 0 Å². The second-order valence-corrected chi connectivity index (χ2v) is 6.36. The second-order valence-electron chi connectivity index (χ2n) is 6.36. The van der Waals surface area contributed by atoms with Crippen molar-refractivity contribution in [3.8, 4) is 5.75 Å². The van der Waals surface area contributed by atoms with Gasteiger partial charge in [0.05, 0.1) is 0 Å². The van der Waals surface area contributed by atoms with E-state index in [-0.39, 0.29) is 5.91 Å². The summed E-state index contributed by atoms with van der Waals surface area (Å²) in [6.45, 7) is 6.30. The van der Waals surface area contributed by atoms with Gasteiger partial charge in [0.25, 0.3) is 5.91 Å². The van der Waals surface area contributed by atoms with Gasteiger partial charge in [-0.3, -0.25) is 4.79 Å². The first-order valence-corrected chi connectivity index (χ1v) is 8.53. The Kier molecular flexibility index (Phi) is 5.03. The molecule has 0 saturated carbocycles. The average Bonchev–Trinajstić information content (AvgIpc) is 2.63. The number of carbonyl (C=O) groups is 1. The fraction of sp³-hybridized carbons (Fsp3) is 0.227. The standard InChI is InChI=1S/C22H23NO2/c1-15-7-6-10-21(16(15)2)25-17(3)22(24)23-14-18-11-12-19-8-4-5-9-20(19)13-18/h4-13,17H,14H2,1-3H3,(H,23,24). The van der Waals surface area contributed by atoms with Crippen LogP contribution in [-0.2, 0) is 11.3 Å². The lowest BCUT2D eigenvalue weighted by Crippen LogP contribution is -2.36. The number of ether oxygens (including phenoxy) is 1. The molecule has 3 heteroatoms. The molecule has 0 saturated heterocycles. The van der Waals surface area contributed by atoms with Gasteiger partial charge in [0, 0.05) is 6.54 Å². The SMILES string of the molecule is Cc1cccc(OC(C)C(=O)NCc2ccc3ccccc3c2)c1C. The largest absolute Gasteiger partial charge is 0.481 e. The van der Waals surface area contributed by atoms with Crippen molar-refractivity contribution in [1.82, 2.24) is 5.32 Å². The topological polar surface area (TPSA) is 38.3 Å². The number of benzene rings is 3. The van der Waals surface area contributed by atoms with Crippen LogP contribution in [0, 0.1) is 13.8 Å². The molecule has 128 valence electrons. The summed E-state index contributed by atoms with van der Waals surface area (Å²) in [4.78, 5) is 12.3. The van der Waals surface area contributed by atoms with Crippen LogP contribution in [0.4, 0.5) is 0 Å². The molecule has 0 spiro atoms. The van der Waals surface area contributed by atoms with Gasteiger partial charge in [-0.2, -0.15) is 0 Å². The Balaban J connectivity index is 1.62. The molecule has 0 aliphatic heterocycles. The van der Waals surface area contributed by atoms with Gasteiger partial charge in [-0.15, -0.1) is 0 Å². The molecule has 25 heavy (non-hydrogen) atoms. The number of hydrogen-bond acceptors (Lipinski definition) is 2. The number of carbonyl (C=O) groups excluding carboxylic acids is 1. The van der Waals surface area contributed by atoms with Crippen molar-refractivity contribution in [3.05, 3.63) is 77.4 Å². The summed E-state index contributed by atoms with van der Waals surface area (Å²) < 4.78 is 5.83. The molecule has 0 aromatic heterocycles. The normalized spacial score (nSPS) is 12.0. The molecule has 1 atom stereocenters. The molecule has 0 aliphatic carbocycles. The van der Waals surface area contributed by atoms with Crippen molar-refractivity contribution < 1.29 is 9.53 Å². The number of fused-ring (bicyclic) bond motifs is 1. The van der Waals surface area contributed by atoms with Crippen LogP contribution in [0.25, 0.3) is 10.8 Å². The zero-order valence-electron chi connectivity index (χ0n) is 14.9. The van der Waals surface area contributed by atoms with E-state index in [0.29, 0.717) is 6.54 Å². The molecule has 3 rings (SSSR count). The van der Waals surface area contributed by atoms with Crippen LogP contribution in [0.1, 0.15) is 23.6 Å². The zero-order valence-corrected chi connectivity index (χ0v) is 14.9. The first kappa shape index (κ1) is 17.0. The van der Waals surface area contributed by atoms with Crippen LogP contribution >= 0.6 is 0 Å². The van der Waals surface area contributed by atoms with Gasteiger partial charge < -0.3 is 10.1 Å². The molecule has 0 heterocycles. The Morgan fingerprint density at radius 1 is 1.00 bits per heavy atom. The molecular formula is C22H23NO2.